The fourth-order valence-electron chi connectivity index (χ4n) is 5.91. The van der Waals surface area contributed by atoms with Crippen molar-refractivity contribution in [3.05, 3.63) is 65.9 Å². The topological polar surface area (TPSA) is 76.6 Å². The molecule has 1 atom stereocenters. The molecule has 2 amide bonds. The van der Waals surface area contributed by atoms with E-state index in [1.807, 2.05) is 58.3 Å². The summed E-state index contributed by atoms with van der Waals surface area (Å²) in [5.74, 6) is 0.785. The molecule has 0 aromatic heterocycles. The van der Waals surface area contributed by atoms with E-state index in [2.05, 4.69) is 11.8 Å². The van der Waals surface area contributed by atoms with E-state index in [-0.39, 0.29) is 18.4 Å². The van der Waals surface area contributed by atoms with Gasteiger partial charge in [0.05, 0.1) is 18.8 Å². The van der Waals surface area contributed by atoms with Gasteiger partial charge in [0.15, 0.2) is 0 Å². The van der Waals surface area contributed by atoms with E-state index in [9.17, 15) is 14.7 Å². The van der Waals surface area contributed by atoms with Crippen molar-refractivity contribution < 1.29 is 19.4 Å². The summed E-state index contributed by atoms with van der Waals surface area (Å²) >= 11 is 0. The second-order valence-corrected chi connectivity index (χ2v) is 10.8. The van der Waals surface area contributed by atoms with E-state index in [0.717, 1.165) is 62.2 Å². The van der Waals surface area contributed by atoms with Crippen LogP contribution in [0.1, 0.15) is 54.9 Å². The summed E-state index contributed by atoms with van der Waals surface area (Å²) in [6, 6.07) is 15.7. The molecule has 39 heavy (non-hydrogen) atoms. The van der Waals surface area contributed by atoms with E-state index >= 15 is 0 Å². The summed E-state index contributed by atoms with van der Waals surface area (Å²) in [5.41, 5.74) is 2.72. The van der Waals surface area contributed by atoms with E-state index in [1.165, 1.54) is 19.4 Å². The maximum atomic E-state index is 13.1. The molecule has 0 aliphatic carbocycles. The van der Waals surface area contributed by atoms with Crippen LogP contribution in [0.2, 0.25) is 0 Å². The summed E-state index contributed by atoms with van der Waals surface area (Å²) in [6.45, 7) is 8.02. The predicted molar refractivity (Wildman–Crippen MR) is 153 cm³/mol. The highest BCUT2D eigenvalue weighted by Crippen LogP contribution is 2.26. The van der Waals surface area contributed by atoms with Crippen LogP contribution in [0.3, 0.4) is 0 Å². The number of hydrogen-bond acceptors (Lipinski definition) is 6. The number of carbonyl (C=O) groups excluding carboxylic acids is 2. The zero-order chi connectivity index (χ0) is 27.2. The zero-order valence-electron chi connectivity index (χ0n) is 22.9. The van der Waals surface area contributed by atoms with Crippen molar-refractivity contribution in [3.63, 3.8) is 0 Å². The number of piperazine rings is 1. The second kappa shape index (κ2) is 12.6. The summed E-state index contributed by atoms with van der Waals surface area (Å²) in [4.78, 5) is 34.0. The highest BCUT2D eigenvalue weighted by atomic mass is 16.5. The lowest BCUT2D eigenvalue weighted by Crippen LogP contribution is -2.49. The Morgan fingerprint density at radius 2 is 1.74 bits per heavy atom. The minimum atomic E-state index is -0.0432. The van der Waals surface area contributed by atoms with Gasteiger partial charge >= 0.3 is 0 Å². The van der Waals surface area contributed by atoms with Crippen LogP contribution in [-0.2, 0) is 4.79 Å². The van der Waals surface area contributed by atoms with Gasteiger partial charge in [-0.3, -0.25) is 9.59 Å². The third-order valence-corrected chi connectivity index (χ3v) is 8.18. The van der Waals surface area contributed by atoms with Crippen molar-refractivity contribution in [2.24, 2.45) is 0 Å². The molecule has 0 saturated carbocycles. The predicted octanol–water partition coefficient (Wildman–Crippen LogP) is 4.38. The van der Waals surface area contributed by atoms with Gasteiger partial charge < -0.3 is 29.4 Å². The molecule has 1 unspecified atom stereocenters. The summed E-state index contributed by atoms with van der Waals surface area (Å²) in [7, 11) is 0. The number of nitrogens with zero attached hydrogens (tertiary/aromatic N) is 4. The molecule has 2 aromatic rings. The van der Waals surface area contributed by atoms with Crippen LogP contribution in [0, 0.1) is 0 Å². The van der Waals surface area contributed by atoms with Gasteiger partial charge in [-0.2, -0.15) is 0 Å². The average molecular weight is 533 g/mol. The lowest BCUT2D eigenvalue weighted by atomic mass is 10.1. The number of benzene rings is 2. The number of likely N-dealkylation sites (tertiary alicyclic amines) is 2. The van der Waals surface area contributed by atoms with Gasteiger partial charge in [-0.25, -0.2) is 0 Å². The number of anilines is 1. The van der Waals surface area contributed by atoms with Crippen LogP contribution in [0.5, 0.6) is 5.75 Å². The molecule has 0 radical (unpaired) electrons. The standard InChI is InChI=1S/C31H40N4O4/c1-24-7-5-16-32(24)17-6-20-39-28-12-10-27(11-13-28)35-19-18-34(22-30(35)37)29(23-36)25-8-4-9-26(21-25)31(38)33-14-2-3-15-33/h4,8-13,21,23-24,36H,2-3,5-7,14-20,22H2,1H3/b29-23-. The number of aliphatic hydroxyl groups is 1. The molecule has 3 aliphatic rings. The third kappa shape index (κ3) is 6.38. The largest absolute Gasteiger partial charge is 0.513 e. The molecular formula is C31H40N4O4. The van der Waals surface area contributed by atoms with Gasteiger partial charge in [-0.05, 0) is 82.0 Å². The number of ether oxygens (including phenoxy) is 1. The first-order valence-electron chi connectivity index (χ1n) is 14.3. The first-order chi connectivity index (χ1) is 19.0. The maximum absolute atomic E-state index is 13.1. The van der Waals surface area contributed by atoms with Crippen molar-refractivity contribution in [2.75, 3.05) is 57.3 Å². The summed E-state index contributed by atoms with van der Waals surface area (Å²) < 4.78 is 5.94. The number of amides is 2. The van der Waals surface area contributed by atoms with Gasteiger partial charge in [-0.15, -0.1) is 0 Å². The lowest BCUT2D eigenvalue weighted by Gasteiger charge is -2.36. The van der Waals surface area contributed by atoms with Gasteiger partial charge in [-0.1, -0.05) is 12.1 Å². The van der Waals surface area contributed by atoms with Crippen LogP contribution in [-0.4, -0.2) is 90.1 Å². The molecule has 8 nitrogen and oxygen atoms in total. The van der Waals surface area contributed by atoms with Crippen molar-refractivity contribution >= 4 is 23.2 Å². The Bertz CT molecular complexity index is 1180. The average Bonchev–Trinajstić information content (AvgIpc) is 3.64. The number of carbonyl (C=O) groups is 2. The minimum Gasteiger partial charge on any atom is -0.513 e. The fourth-order valence-corrected chi connectivity index (χ4v) is 5.91. The van der Waals surface area contributed by atoms with E-state index < -0.39 is 0 Å². The van der Waals surface area contributed by atoms with Crippen LogP contribution in [0.25, 0.3) is 5.70 Å². The second-order valence-electron chi connectivity index (χ2n) is 10.8. The Kier molecular flexibility index (Phi) is 8.71. The lowest BCUT2D eigenvalue weighted by molar-refractivity contribution is -0.120. The monoisotopic (exact) mass is 532 g/mol. The Hall–Kier alpha value is -3.52. The van der Waals surface area contributed by atoms with Crippen LogP contribution < -0.4 is 9.64 Å². The molecule has 0 bridgehead atoms. The van der Waals surface area contributed by atoms with Crippen molar-refractivity contribution in [3.8, 4) is 5.75 Å². The normalized spacial score (nSPS) is 20.6. The molecule has 2 aromatic carbocycles. The molecule has 1 N–H and O–H groups in total. The molecule has 8 heteroatoms. The Balaban J connectivity index is 1.15. The molecular weight excluding hydrogens is 492 g/mol. The van der Waals surface area contributed by atoms with Crippen LogP contribution in [0.4, 0.5) is 5.69 Å². The summed E-state index contributed by atoms with van der Waals surface area (Å²) in [6.07, 6.45) is 6.70. The SMILES string of the molecule is CC1CCCN1CCCOc1ccc(N2CCN(/C(=C\O)c3cccc(C(=O)N4CCCC4)c3)CC2=O)cc1. The first-order valence-corrected chi connectivity index (χ1v) is 14.3. The van der Waals surface area contributed by atoms with Crippen LogP contribution >= 0.6 is 0 Å². The van der Waals surface area contributed by atoms with Gasteiger partial charge in [0.2, 0.25) is 5.91 Å². The maximum Gasteiger partial charge on any atom is 0.253 e. The summed E-state index contributed by atoms with van der Waals surface area (Å²) in [5, 5.41) is 10.1. The third-order valence-electron chi connectivity index (χ3n) is 8.18. The quantitative estimate of drug-likeness (QED) is 0.382. The van der Waals surface area contributed by atoms with E-state index in [0.29, 0.717) is 37.0 Å². The fraction of sp³-hybridized carbons (Fsp3) is 0.484. The van der Waals surface area contributed by atoms with Crippen molar-refractivity contribution in [2.45, 2.75) is 45.1 Å². The van der Waals surface area contributed by atoms with Crippen molar-refractivity contribution in [1.29, 1.82) is 0 Å². The number of aliphatic hydroxyl groups excluding tert-OH is 1. The van der Waals surface area contributed by atoms with Crippen LogP contribution in [0.15, 0.2) is 54.8 Å². The Morgan fingerprint density at radius 3 is 2.44 bits per heavy atom. The number of rotatable bonds is 9. The van der Waals surface area contributed by atoms with Gasteiger partial charge in [0.25, 0.3) is 5.91 Å². The van der Waals surface area contributed by atoms with Crippen molar-refractivity contribution in [1.82, 2.24) is 14.7 Å². The molecule has 0 spiro atoms. The van der Waals surface area contributed by atoms with Gasteiger partial charge in [0.1, 0.15) is 12.0 Å². The highest BCUT2D eigenvalue weighted by Gasteiger charge is 2.28. The van der Waals surface area contributed by atoms with E-state index in [4.69, 9.17) is 4.74 Å². The number of hydrogen-bond donors (Lipinski definition) is 1. The molecule has 3 fully saturated rings. The smallest absolute Gasteiger partial charge is 0.253 e. The minimum absolute atomic E-state index is 0.0150. The Morgan fingerprint density at radius 1 is 0.974 bits per heavy atom. The zero-order valence-corrected chi connectivity index (χ0v) is 22.9. The molecule has 3 aliphatic heterocycles. The van der Waals surface area contributed by atoms with Gasteiger partial charge in [0, 0.05) is 55.6 Å². The van der Waals surface area contributed by atoms with E-state index in [1.54, 1.807) is 4.90 Å². The molecule has 208 valence electrons. The first kappa shape index (κ1) is 27.1. The Labute approximate surface area is 231 Å². The molecule has 5 rings (SSSR count). The highest BCUT2D eigenvalue weighted by molar-refractivity contribution is 5.97. The molecule has 3 saturated heterocycles. The molecule has 3 heterocycles.